The van der Waals surface area contributed by atoms with Crippen LogP contribution in [0.4, 0.5) is 0 Å². The van der Waals surface area contributed by atoms with Gasteiger partial charge in [0.25, 0.3) is 0 Å². The maximum atomic E-state index is 9.37. The lowest BCUT2D eigenvalue weighted by molar-refractivity contribution is 0.167. The average Bonchev–Trinajstić information content (AvgIpc) is 2.24. The molecule has 0 saturated carbocycles. The Morgan fingerprint density at radius 3 is 2.18 bits per heavy atom. The normalized spacial score (nSPS) is 13.9. The van der Waals surface area contributed by atoms with Crippen molar-refractivity contribution in [1.29, 1.82) is 0 Å². The van der Waals surface area contributed by atoms with Crippen LogP contribution in [0.5, 0.6) is 0 Å². The van der Waals surface area contributed by atoms with E-state index in [9.17, 15) is 5.11 Å². The van der Waals surface area contributed by atoms with Crippen molar-refractivity contribution in [2.75, 3.05) is 46.9 Å². The second kappa shape index (κ2) is 9.83. The number of aliphatic hydroxyl groups is 1. The second-order valence-electron chi connectivity index (χ2n) is 5.30. The molecule has 0 radical (unpaired) electrons. The molecule has 0 heterocycles. The van der Waals surface area contributed by atoms with Gasteiger partial charge in [0.2, 0.25) is 0 Å². The zero-order valence-electron chi connectivity index (χ0n) is 12.2. The van der Waals surface area contributed by atoms with Crippen LogP contribution >= 0.6 is 0 Å². The molecule has 0 aliphatic rings. The lowest BCUT2D eigenvalue weighted by atomic mass is 10.2. The van der Waals surface area contributed by atoms with Crippen LogP contribution in [0.25, 0.3) is 0 Å². The minimum atomic E-state index is 0.184. The summed E-state index contributed by atoms with van der Waals surface area (Å²) in [6.07, 6.45) is 1.16. The van der Waals surface area contributed by atoms with Crippen molar-refractivity contribution in [2.45, 2.75) is 39.3 Å². The van der Waals surface area contributed by atoms with Crippen molar-refractivity contribution >= 4 is 0 Å². The number of rotatable bonds is 10. The summed E-state index contributed by atoms with van der Waals surface area (Å²) in [7, 11) is 4.19. The fraction of sp³-hybridized carbons (Fsp3) is 1.00. The third kappa shape index (κ3) is 9.53. The zero-order chi connectivity index (χ0) is 13.3. The summed E-state index contributed by atoms with van der Waals surface area (Å²) >= 11 is 0. The molecule has 104 valence electrons. The zero-order valence-corrected chi connectivity index (χ0v) is 12.2. The monoisotopic (exact) mass is 245 g/mol. The van der Waals surface area contributed by atoms with Crippen LogP contribution in [0.1, 0.15) is 27.2 Å². The fourth-order valence-electron chi connectivity index (χ4n) is 1.90. The van der Waals surface area contributed by atoms with E-state index in [1.54, 1.807) is 0 Å². The Hall–Kier alpha value is -0.160. The Balaban J connectivity index is 4.09. The third-order valence-electron chi connectivity index (χ3n) is 2.67. The molecule has 0 rings (SSSR count). The molecular formula is C13H31N3O. The molecule has 0 spiro atoms. The second-order valence-corrected chi connectivity index (χ2v) is 5.30. The van der Waals surface area contributed by atoms with Crippen molar-refractivity contribution < 1.29 is 5.11 Å². The first-order valence-corrected chi connectivity index (χ1v) is 6.73. The maximum Gasteiger partial charge on any atom is 0.0597 e. The van der Waals surface area contributed by atoms with E-state index >= 15 is 0 Å². The summed E-state index contributed by atoms with van der Waals surface area (Å²) in [5, 5.41) is 12.8. The number of likely N-dealkylation sites (N-methyl/N-ethyl adjacent to an activating group) is 1. The van der Waals surface area contributed by atoms with Crippen LogP contribution in [0.2, 0.25) is 0 Å². The standard InChI is InChI=1S/C13H31N3O/c1-6-7-16(9-8-15(4)5)10-13(11-17)14-12(2)3/h12-14,17H,6-11H2,1-5H3. The molecule has 4 heteroatoms. The van der Waals surface area contributed by atoms with Crippen molar-refractivity contribution in [1.82, 2.24) is 15.1 Å². The highest BCUT2D eigenvalue weighted by atomic mass is 16.3. The van der Waals surface area contributed by atoms with Gasteiger partial charge < -0.3 is 20.2 Å². The fourth-order valence-corrected chi connectivity index (χ4v) is 1.90. The van der Waals surface area contributed by atoms with Crippen molar-refractivity contribution in [3.63, 3.8) is 0 Å². The van der Waals surface area contributed by atoms with Gasteiger partial charge in [-0.1, -0.05) is 20.8 Å². The molecular weight excluding hydrogens is 214 g/mol. The summed E-state index contributed by atoms with van der Waals surface area (Å²) in [5.41, 5.74) is 0. The van der Waals surface area contributed by atoms with Gasteiger partial charge in [-0.05, 0) is 27.1 Å². The Bertz CT molecular complexity index is 174. The van der Waals surface area contributed by atoms with Crippen LogP contribution in [0.15, 0.2) is 0 Å². The van der Waals surface area contributed by atoms with Gasteiger partial charge in [0, 0.05) is 31.7 Å². The van der Waals surface area contributed by atoms with Gasteiger partial charge in [0.15, 0.2) is 0 Å². The molecule has 0 fully saturated rings. The summed E-state index contributed by atoms with van der Waals surface area (Å²) < 4.78 is 0. The van der Waals surface area contributed by atoms with Crippen LogP contribution in [0.3, 0.4) is 0 Å². The van der Waals surface area contributed by atoms with Gasteiger partial charge in [-0.25, -0.2) is 0 Å². The largest absolute Gasteiger partial charge is 0.395 e. The van der Waals surface area contributed by atoms with E-state index in [2.05, 4.69) is 50.0 Å². The van der Waals surface area contributed by atoms with E-state index in [0.717, 1.165) is 32.6 Å². The van der Waals surface area contributed by atoms with E-state index in [1.807, 2.05) is 0 Å². The molecule has 1 unspecified atom stereocenters. The van der Waals surface area contributed by atoms with Crippen LogP contribution in [0, 0.1) is 0 Å². The van der Waals surface area contributed by atoms with E-state index < -0.39 is 0 Å². The van der Waals surface area contributed by atoms with Crippen molar-refractivity contribution in [2.24, 2.45) is 0 Å². The molecule has 0 aromatic heterocycles. The van der Waals surface area contributed by atoms with E-state index in [-0.39, 0.29) is 12.6 Å². The van der Waals surface area contributed by atoms with Gasteiger partial charge in [-0.3, -0.25) is 0 Å². The molecule has 0 aliphatic heterocycles. The van der Waals surface area contributed by atoms with Gasteiger partial charge in [-0.2, -0.15) is 0 Å². The average molecular weight is 245 g/mol. The predicted molar refractivity (Wildman–Crippen MR) is 74.4 cm³/mol. The van der Waals surface area contributed by atoms with Crippen LogP contribution in [-0.2, 0) is 0 Å². The number of nitrogens with zero attached hydrogens (tertiary/aromatic N) is 2. The Labute approximate surface area is 107 Å². The van der Waals surface area contributed by atoms with Crippen LogP contribution < -0.4 is 5.32 Å². The third-order valence-corrected chi connectivity index (χ3v) is 2.67. The molecule has 0 saturated heterocycles. The lowest BCUT2D eigenvalue weighted by Crippen LogP contribution is -2.47. The molecule has 0 amide bonds. The van der Waals surface area contributed by atoms with E-state index in [1.165, 1.54) is 0 Å². The smallest absolute Gasteiger partial charge is 0.0597 e. The Morgan fingerprint density at radius 1 is 1.12 bits per heavy atom. The van der Waals surface area contributed by atoms with Crippen LogP contribution in [-0.4, -0.2) is 73.9 Å². The Morgan fingerprint density at radius 2 is 1.76 bits per heavy atom. The number of hydrogen-bond donors (Lipinski definition) is 2. The number of nitrogens with one attached hydrogen (secondary N) is 1. The highest BCUT2D eigenvalue weighted by molar-refractivity contribution is 4.73. The number of hydrogen-bond acceptors (Lipinski definition) is 4. The first-order valence-electron chi connectivity index (χ1n) is 6.73. The van der Waals surface area contributed by atoms with E-state index in [4.69, 9.17) is 0 Å². The molecule has 1 atom stereocenters. The lowest BCUT2D eigenvalue weighted by Gasteiger charge is -2.29. The highest BCUT2D eigenvalue weighted by Crippen LogP contribution is 1.97. The first-order chi connectivity index (χ1) is 7.99. The molecule has 0 bridgehead atoms. The summed E-state index contributed by atoms with van der Waals surface area (Å²) in [6.45, 7) is 10.8. The van der Waals surface area contributed by atoms with Gasteiger partial charge in [0.1, 0.15) is 0 Å². The number of aliphatic hydroxyl groups excluding tert-OH is 1. The molecule has 0 aromatic rings. The SMILES string of the molecule is CCCN(CCN(C)C)CC(CO)NC(C)C. The van der Waals surface area contributed by atoms with Gasteiger partial charge in [0.05, 0.1) is 6.61 Å². The quantitative estimate of drug-likeness (QED) is 0.592. The topological polar surface area (TPSA) is 38.7 Å². The summed E-state index contributed by atoms with van der Waals surface area (Å²) in [4.78, 5) is 4.63. The molecule has 0 aromatic carbocycles. The molecule has 4 nitrogen and oxygen atoms in total. The molecule has 17 heavy (non-hydrogen) atoms. The molecule has 0 aliphatic carbocycles. The minimum absolute atomic E-state index is 0.184. The minimum Gasteiger partial charge on any atom is -0.395 e. The highest BCUT2D eigenvalue weighted by Gasteiger charge is 2.13. The first kappa shape index (κ1) is 16.8. The summed E-state index contributed by atoms with van der Waals surface area (Å²) in [5.74, 6) is 0. The Kier molecular flexibility index (Phi) is 9.74. The summed E-state index contributed by atoms with van der Waals surface area (Å²) in [6, 6.07) is 0.605. The predicted octanol–water partition coefficient (Wildman–Crippen LogP) is 0.619. The van der Waals surface area contributed by atoms with E-state index in [0.29, 0.717) is 6.04 Å². The van der Waals surface area contributed by atoms with Crippen molar-refractivity contribution in [3.8, 4) is 0 Å². The molecule has 2 N–H and O–H groups in total. The maximum absolute atomic E-state index is 9.37. The van der Waals surface area contributed by atoms with Gasteiger partial charge >= 0.3 is 0 Å². The van der Waals surface area contributed by atoms with Gasteiger partial charge in [-0.15, -0.1) is 0 Å². The van der Waals surface area contributed by atoms with Crippen molar-refractivity contribution in [3.05, 3.63) is 0 Å².